The Kier molecular flexibility index (Phi) is 6.49. The number of ether oxygens (including phenoxy) is 1. The van der Waals surface area contributed by atoms with Gasteiger partial charge in [-0.05, 0) is 36.8 Å². The van der Waals surface area contributed by atoms with Gasteiger partial charge < -0.3 is 10.1 Å². The number of carbonyl (C=O) groups is 2. The van der Waals surface area contributed by atoms with Crippen LogP contribution in [0.2, 0.25) is 15.1 Å². The van der Waals surface area contributed by atoms with E-state index < -0.39 is 18.5 Å². The lowest BCUT2D eigenvalue weighted by molar-refractivity contribution is -0.124. The highest BCUT2D eigenvalue weighted by molar-refractivity contribution is 6.35. The van der Waals surface area contributed by atoms with E-state index in [0.29, 0.717) is 15.1 Å². The van der Waals surface area contributed by atoms with Gasteiger partial charge in [0, 0.05) is 15.1 Å². The molecule has 0 heterocycles. The molecule has 0 spiro atoms. The molecule has 0 aliphatic carbocycles. The SMILES string of the molecule is C[C@@H](NC(=O)COC(=O)c1cc(Cl)cc(Cl)c1)c1ccccc1Cl. The highest BCUT2D eigenvalue weighted by Gasteiger charge is 2.15. The van der Waals surface area contributed by atoms with Crippen LogP contribution in [-0.4, -0.2) is 18.5 Å². The first-order valence-electron chi connectivity index (χ1n) is 7.04. The van der Waals surface area contributed by atoms with Crippen LogP contribution in [0.3, 0.4) is 0 Å². The first-order valence-corrected chi connectivity index (χ1v) is 8.17. The summed E-state index contributed by atoms with van der Waals surface area (Å²) in [6, 6.07) is 11.2. The minimum Gasteiger partial charge on any atom is -0.452 e. The summed E-state index contributed by atoms with van der Waals surface area (Å²) < 4.78 is 4.97. The van der Waals surface area contributed by atoms with Crippen molar-refractivity contribution in [2.45, 2.75) is 13.0 Å². The molecule has 0 radical (unpaired) electrons. The van der Waals surface area contributed by atoms with Crippen LogP contribution < -0.4 is 5.32 Å². The van der Waals surface area contributed by atoms with Gasteiger partial charge in [0.2, 0.25) is 0 Å². The van der Waals surface area contributed by atoms with Crippen molar-refractivity contribution in [1.29, 1.82) is 0 Å². The normalized spacial score (nSPS) is 11.7. The molecule has 126 valence electrons. The molecule has 4 nitrogen and oxygen atoms in total. The van der Waals surface area contributed by atoms with Crippen molar-refractivity contribution in [2.24, 2.45) is 0 Å². The van der Waals surface area contributed by atoms with E-state index in [0.717, 1.165) is 5.56 Å². The van der Waals surface area contributed by atoms with E-state index in [-0.39, 0.29) is 11.6 Å². The van der Waals surface area contributed by atoms with Crippen LogP contribution in [0.4, 0.5) is 0 Å². The van der Waals surface area contributed by atoms with Gasteiger partial charge in [0.15, 0.2) is 6.61 Å². The van der Waals surface area contributed by atoms with Crippen molar-refractivity contribution in [1.82, 2.24) is 5.32 Å². The molecule has 0 aliphatic heterocycles. The molecule has 1 N–H and O–H groups in total. The summed E-state index contributed by atoms with van der Waals surface area (Å²) in [5.41, 5.74) is 0.958. The minimum atomic E-state index is -0.681. The zero-order valence-corrected chi connectivity index (χ0v) is 15.0. The molecule has 0 unspecified atom stereocenters. The Morgan fingerprint density at radius 3 is 2.33 bits per heavy atom. The van der Waals surface area contributed by atoms with Gasteiger partial charge in [-0.25, -0.2) is 4.79 Å². The number of carbonyl (C=O) groups excluding carboxylic acids is 2. The molecule has 2 rings (SSSR count). The Morgan fingerprint density at radius 1 is 1.08 bits per heavy atom. The maximum Gasteiger partial charge on any atom is 0.338 e. The summed E-state index contributed by atoms with van der Waals surface area (Å²) in [7, 11) is 0. The van der Waals surface area contributed by atoms with E-state index in [1.54, 1.807) is 19.1 Å². The lowest BCUT2D eigenvalue weighted by atomic mass is 10.1. The highest BCUT2D eigenvalue weighted by atomic mass is 35.5. The van der Waals surface area contributed by atoms with E-state index in [1.807, 2.05) is 12.1 Å². The number of benzene rings is 2. The van der Waals surface area contributed by atoms with Gasteiger partial charge in [-0.3, -0.25) is 4.79 Å². The summed E-state index contributed by atoms with van der Waals surface area (Å²) >= 11 is 17.7. The second-order valence-electron chi connectivity index (χ2n) is 5.04. The Labute approximate surface area is 154 Å². The molecular weight excluding hydrogens is 373 g/mol. The first kappa shape index (κ1) is 18.6. The number of rotatable bonds is 5. The second kappa shape index (κ2) is 8.38. The van der Waals surface area contributed by atoms with Crippen LogP contribution in [0.1, 0.15) is 28.9 Å². The predicted octanol–water partition coefficient (Wildman–Crippen LogP) is 4.68. The average molecular weight is 387 g/mol. The van der Waals surface area contributed by atoms with E-state index in [9.17, 15) is 9.59 Å². The predicted molar refractivity (Wildman–Crippen MR) is 94.8 cm³/mol. The molecule has 24 heavy (non-hydrogen) atoms. The molecule has 0 bridgehead atoms. The summed E-state index contributed by atoms with van der Waals surface area (Å²) in [5, 5.41) is 3.89. The van der Waals surface area contributed by atoms with E-state index in [1.165, 1.54) is 18.2 Å². The topological polar surface area (TPSA) is 55.4 Å². The number of hydrogen-bond donors (Lipinski definition) is 1. The van der Waals surface area contributed by atoms with Gasteiger partial charge in [-0.1, -0.05) is 53.0 Å². The van der Waals surface area contributed by atoms with Crippen molar-refractivity contribution in [3.05, 3.63) is 68.7 Å². The summed E-state index contributed by atoms with van der Waals surface area (Å²) in [6.07, 6.45) is 0. The van der Waals surface area contributed by atoms with Gasteiger partial charge >= 0.3 is 5.97 Å². The van der Waals surface area contributed by atoms with Crippen LogP contribution >= 0.6 is 34.8 Å². The van der Waals surface area contributed by atoms with E-state index in [2.05, 4.69) is 5.32 Å². The molecule has 0 aliphatic rings. The molecule has 2 aromatic rings. The van der Waals surface area contributed by atoms with E-state index >= 15 is 0 Å². The highest BCUT2D eigenvalue weighted by Crippen LogP contribution is 2.22. The quantitative estimate of drug-likeness (QED) is 0.759. The smallest absolute Gasteiger partial charge is 0.338 e. The summed E-state index contributed by atoms with van der Waals surface area (Å²) in [4.78, 5) is 23.8. The summed E-state index contributed by atoms with van der Waals surface area (Å²) in [5.74, 6) is -1.12. The van der Waals surface area contributed by atoms with Crippen LogP contribution in [-0.2, 0) is 9.53 Å². The zero-order valence-electron chi connectivity index (χ0n) is 12.7. The molecule has 7 heteroatoms. The molecule has 1 amide bonds. The van der Waals surface area contributed by atoms with Crippen molar-refractivity contribution in [3.8, 4) is 0 Å². The Hall–Kier alpha value is -1.75. The monoisotopic (exact) mass is 385 g/mol. The maximum atomic E-state index is 11.9. The fourth-order valence-electron chi connectivity index (χ4n) is 2.07. The number of esters is 1. The van der Waals surface area contributed by atoms with Crippen molar-refractivity contribution in [3.63, 3.8) is 0 Å². The number of nitrogens with one attached hydrogen (secondary N) is 1. The average Bonchev–Trinajstić information content (AvgIpc) is 2.52. The van der Waals surface area contributed by atoms with Crippen molar-refractivity contribution in [2.75, 3.05) is 6.61 Å². The molecule has 2 aromatic carbocycles. The minimum absolute atomic E-state index is 0.180. The second-order valence-corrected chi connectivity index (χ2v) is 6.33. The van der Waals surface area contributed by atoms with E-state index in [4.69, 9.17) is 39.5 Å². The molecular formula is C17H14Cl3NO3. The zero-order chi connectivity index (χ0) is 17.7. The maximum absolute atomic E-state index is 11.9. The van der Waals surface area contributed by atoms with Gasteiger partial charge in [-0.15, -0.1) is 0 Å². The van der Waals surface area contributed by atoms with Gasteiger partial charge in [0.1, 0.15) is 0 Å². The number of halogens is 3. The standard InChI is InChI=1S/C17H14Cl3NO3/c1-10(14-4-2-3-5-15(14)20)21-16(22)9-24-17(23)11-6-12(18)8-13(19)7-11/h2-8,10H,9H2,1H3,(H,21,22)/t10-/m1/s1. The largest absolute Gasteiger partial charge is 0.452 e. The first-order chi connectivity index (χ1) is 11.4. The van der Waals surface area contributed by atoms with Crippen LogP contribution in [0, 0.1) is 0 Å². The third kappa shape index (κ3) is 5.13. The third-order valence-corrected chi connectivity index (χ3v) is 3.96. The van der Waals surface area contributed by atoms with Crippen molar-refractivity contribution >= 4 is 46.7 Å². The van der Waals surface area contributed by atoms with Gasteiger partial charge in [-0.2, -0.15) is 0 Å². The Morgan fingerprint density at radius 2 is 1.71 bits per heavy atom. The lowest BCUT2D eigenvalue weighted by Crippen LogP contribution is -2.31. The Bertz CT molecular complexity index is 744. The summed E-state index contributed by atoms with van der Waals surface area (Å²) in [6.45, 7) is 1.37. The van der Waals surface area contributed by atoms with Crippen molar-refractivity contribution < 1.29 is 14.3 Å². The van der Waals surface area contributed by atoms with Gasteiger partial charge in [0.05, 0.1) is 11.6 Å². The van der Waals surface area contributed by atoms with Crippen LogP contribution in [0.5, 0.6) is 0 Å². The molecule has 0 saturated heterocycles. The molecule has 0 saturated carbocycles. The lowest BCUT2D eigenvalue weighted by Gasteiger charge is -2.15. The van der Waals surface area contributed by atoms with Gasteiger partial charge in [0.25, 0.3) is 5.91 Å². The molecule has 0 fully saturated rings. The van der Waals surface area contributed by atoms with Crippen LogP contribution in [0.25, 0.3) is 0 Å². The van der Waals surface area contributed by atoms with Crippen LogP contribution in [0.15, 0.2) is 42.5 Å². The fourth-order valence-corrected chi connectivity index (χ4v) is 2.90. The molecule has 0 aromatic heterocycles. The number of amides is 1. The Balaban J connectivity index is 1.91. The molecule has 1 atom stereocenters. The fraction of sp³-hybridized carbons (Fsp3) is 0.176. The number of hydrogen-bond acceptors (Lipinski definition) is 3. The third-order valence-electron chi connectivity index (χ3n) is 3.18.